The van der Waals surface area contributed by atoms with Crippen molar-refractivity contribution in [1.82, 2.24) is 20.1 Å². The summed E-state index contributed by atoms with van der Waals surface area (Å²) in [6.07, 6.45) is 8.09. The van der Waals surface area contributed by atoms with Gasteiger partial charge in [0.05, 0.1) is 7.11 Å². The maximum Gasteiger partial charge on any atom is 0.409 e. The summed E-state index contributed by atoms with van der Waals surface area (Å²) in [5.74, 6) is 0. The third kappa shape index (κ3) is 4.68. The molecule has 0 saturated carbocycles. The topological polar surface area (TPSA) is 57.7 Å². The van der Waals surface area contributed by atoms with Gasteiger partial charge in [-0.05, 0) is 50.4 Å². The average molecular weight is 332 g/mol. The number of carbonyl (C=O) groups is 1. The van der Waals surface area contributed by atoms with Gasteiger partial charge in [-0.15, -0.1) is 0 Å². The standard InChI is InChI=1S/C18H28N4O2/c1-24-18(23)22-9-3-5-17(14-22)20-16-6-10-21(11-7-16)13-15-4-2-8-19-12-15/h2,4,8,12,16-17,20H,3,5-7,9-11,13-14H2,1H3/t17-/m1/s1. The number of pyridine rings is 1. The molecule has 0 spiro atoms. The first kappa shape index (κ1) is 17.2. The fourth-order valence-electron chi connectivity index (χ4n) is 3.75. The summed E-state index contributed by atoms with van der Waals surface area (Å²) >= 11 is 0. The lowest BCUT2D eigenvalue weighted by Gasteiger charge is -2.38. The van der Waals surface area contributed by atoms with Crippen LogP contribution in [0.25, 0.3) is 0 Å². The number of likely N-dealkylation sites (tertiary alicyclic amines) is 2. The quantitative estimate of drug-likeness (QED) is 0.912. The van der Waals surface area contributed by atoms with Crippen molar-refractivity contribution in [2.24, 2.45) is 0 Å². The normalized spacial score (nSPS) is 23.2. The van der Waals surface area contributed by atoms with Crippen LogP contribution in [0.4, 0.5) is 4.79 Å². The Morgan fingerprint density at radius 2 is 2.12 bits per heavy atom. The lowest BCUT2D eigenvalue weighted by molar-refractivity contribution is 0.102. The van der Waals surface area contributed by atoms with Gasteiger partial charge in [0.2, 0.25) is 0 Å². The highest BCUT2D eigenvalue weighted by Crippen LogP contribution is 2.17. The zero-order chi connectivity index (χ0) is 16.8. The van der Waals surface area contributed by atoms with Gasteiger partial charge in [-0.1, -0.05) is 6.07 Å². The largest absolute Gasteiger partial charge is 0.453 e. The summed E-state index contributed by atoms with van der Waals surface area (Å²) < 4.78 is 4.85. The van der Waals surface area contributed by atoms with Gasteiger partial charge in [-0.25, -0.2) is 4.79 Å². The van der Waals surface area contributed by atoms with E-state index in [1.54, 1.807) is 0 Å². The third-order valence-electron chi connectivity index (χ3n) is 5.04. The molecule has 1 amide bonds. The van der Waals surface area contributed by atoms with E-state index < -0.39 is 0 Å². The number of aromatic nitrogens is 1. The molecule has 132 valence electrons. The minimum Gasteiger partial charge on any atom is -0.453 e. The Morgan fingerprint density at radius 3 is 2.83 bits per heavy atom. The maximum absolute atomic E-state index is 11.7. The van der Waals surface area contributed by atoms with Crippen LogP contribution in [0.5, 0.6) is 0 Å². The van der Waals surface area contributed by atoms with E-state index in [0.29, 0.717) is 12.1 Å². The van der Waals surface area contributed by atoms with Gasteiger partial charge in [0.1, 0.15) is 0 Å². The van der Waals surface area contributed by atoms with Crippen molar-refractivity contribution in [3.8, 4) is 0 Å². The maximum atomic E-state index is 11.7. The molecule has 2 aliphatic heterocycles. The summed E-state index contributed by atoms with van der Waals surface area (Å²) in [6.45, 7) is 4.79. The first-order valence-electron chi connectivity index (χ1n) is 8.95. The van der Waals surface area contributed by atoms with Crippen LogP contribution in [0.1, 0.15) is 31.2 Å². The molecule has 0 aromatic carbocycles. The monoisotopic (exact) mass is 332 g/mol. The number of amides is 1. The zero-order valence-electron chi connectivity index (χ0n) is 14.5. The zero-order valence-corrected chi connectivity index (χ0v) is 14.5. The lowest BCUT2D eigenvalue weighted by Crippen LogP contribution is -2.53. The predicted molar refractivity (Wildman–Crippen MR) is 92.7 cm³/mol. The fraction of sp³-hybridized carbons (Fsp3) is 0.667. The molecule has 2 aliphatic rings. The van der Waals surface area contributed by atoms with Crippen molar-refractivity contribution in [2.45, 2.75) is 44.3 Å². The van der Waals surface area contributed by atoms with E-state index in [1.165, 1.54) is 12.7 Å². The minimum absolute atomic E-state index is 0.201. The van der Waals surface area contributed by atoms with Crippen molar-refractivity contribution in [3.63, 3.8) is 0 Å². The van der Waals surface area contributed by atoms with Crippen LogP contribution in [0.15, 0.2) is 24.5 Å². The molecule has 3 heterocycles. The molecule has 1 N–H and O–H groups in total. The Morgan fingerprint density at radius 1 is 1.29 bits per heavy atom. The van der Waals surface area contributed by atoms with E-state index in [0.717, 1.165) is 58.4 Å². The van der Waals surface area contributed by atoms with Crippen LogP contribution < -0.4 is 5.32 Å². The van der Waals surface area contributed by atoms with E-state index in [1.807, 2.05) is 23.4 Å². The summed E-state index contributed by atoms with van der Waals surface area (Å²) in [5, 5.41) is 3.76. The average Bonchev–Trinajstić information content (AvgIpc) is 2.64. The molecule has 1 aromatic heterocycles. The molecule has 2 fully saturated rings. The molecular formula is C18H28N4O2. The number of rotatable bonds is 4. The highest BCUT2D eigenvalue weighted by molar-refractivity contribution is 5.67. The molecule has 24 heavy (non-hydrogen) atoms. The SMILES string of the molecule is COC(=O)N1CCC[C@@H](NC2CCN(Cc3cccnc3)CC2)C1. The first-order chi connectivity index (χ1) is 11.7. The Labute approximate surface area is 144 Å². The molecule has 0 radical (unpaired) electrons. The molecule has 3 rings (SSSR count). The molecule has 0 aliphatic carbocycles. The smallest absolute Gasteiger partial charge is 0.409 e. The lowest BCUT2D eigenvalue weighted by atomic mass is 10.00. The van der Waals surface area contributed by atoms with Crippen molar-refractivity contribution in [3.05, 3.63) is 30.1 Å². The van der Waals surface area contributed by atoms with Crippen molar-refractivity contribution >= 4 is 6.09 Å². The van der Waals surface area contributed by atoms with E-state index >= 15 is 0 Å². The van der Waals surface area contributed by atoms with Crippen molar-refractivity contribution in [2.75, 3.05) is 33.3 Å². The molecule has 2 saturated heterocycles. The van der Waals surface area contributed by atoms with Gasteiger partial charge >= 0.3 is 6.09 Å². The van der Waals surface area contributed by atoms with Gasteiger partial charge in [0.15, 0.2) is 0 Å². The Bertz CT molecular complexity index is 517. The summed E-state index contributed by atoms with van der Waals surface area (Å²) in [6, 6.07) is 5.09. The van der Waals surface area contributed by atoms with Gasteiger partial charge < -0.3 is 15.0 Å². The summed E-state index contributed by atoms with van der Waals surface area (Å²) in [7, 11) is 1.46. The van der Waals surface area contributed by atoms with Crippen LogP contribution in [0, 0.1) is 0 Å². The van der Waals surface area contributed by atoms with Crippen LogP contribution >= 0.6 is 0 Å². The molecule has 0 unspecified atom stereocenters. The Kier molecular flexibility index (Phi) is 6.04. The van der Waals surface area contributed by atoms with Gasteiger partial charge in [-0.2, -0.15) is 0 Å². The Hall–Kier alpha value is -1.66. The highest BCUT2D eigenvalue weighted by atomic mass is 16.5. The number of carbonyl (C=O) groups excluding carboxylic acids is 1. The summed E-state index contributed by atoms with van der Waals surface area (Å²) in [4.78, 5) is 20.2. The molecule has 6 heteroatoms. The van der Waals surface area contributed by atoms with E-state index in [9.17, 15) is 4.79 Å². The van der Waals surface area contributed by atoms with Crippen LogP contribution in [0.2, 0.25) is 0 Å². The number of methoxy groups -OCH3 is 1. The number of hydrogen-bond acceptors (Lipinski definition) is 5. The van der Waals surface area contributed by atoms with E-state index in [2.05, 4.69) is 21.3 Å². The molecule has 1 aromatic rings. The van der Waals surface area contributed by atoms with Crippen LogP contribution in [0.3, 0.4) is 0 Å². The number of piperidine rings is 2. The second-order valence-corrected chi connectivity index (χ2v) is 6.83. The van der Waals surface area contributed by atoms with Crippen LogP contribution in [-0.2, 0) is 11.3 Å². The molecular weight excluding hydrogens is 304 g/mol. The number of nitrogens with zero attached hydrogens (tertiary/aromatic N) is 3. The molecule has 1 atom stereocenters. The Balaban J connectivity index is 1.41. The van der Waals surface area contributed by atoms with Crippen molar-refractivity contribution < 1.29 is 9.53 Å². The van der Waals surface area contributed by atoms with Gasteiger partial charge in [0.25, 0.3) is 0 Å². The van der Waals surface area contributed by atoms with E-state index in [-0.39, 0.29) is 6.09 Å². The first-order valence-corrected chi connectivity index (χ1v) is 8.95. The second-order valence-electron chi connectivity index (χ2n) is 6.83. The number of hydrogen-bond donors (Lipinski definition) is 1. The summed E-state index contributed by atoms with van der Waals surface area (Å²) in [5.41, 5.74) is 1.28. The fourth-order valence-corrected chi connectivity index (χ4v) is 3.75. The van der Waals surface area contributed by atoms with Gasteiger partial charge in [0, 0.05) is 44.1 Å². The van der Waals surface area contributed by atoms with Crippen LogP contribution in [-0.4, -0.2) is 66.2 Å². The molecule has 6 nitrogen and oxygen atoms in total. The minimum atomic E-state index is -0.201. The van der Waals surface area contributed by atoms with Crippen molar-refractivity contribution in [1.29, 1.82) is 0 Å². The number of ether oxygens (including phenoxy) is 1. The number of nitrogens with one attached hydrogen (secondary N) is 1. The predicted octanol–water partition coefficient (Wildman–Crippen LogP) is 1.87. The van der Waals surface area contributed by atoms with Gasteiger partial charge in [-0.3, -0.25) is 9.88 Å². The third-order valence-corrected chi connectivity index (χ3v) is 5.04. The molecule has 0 bridgehead atoms. The second kappa shape index (κ2) is 8.44. The van der Waals surface area contributed by atoms with E-state index in [4.69, 9.17) is 4.74 Å². The highest BCUT2D eigenvalue weighted by Gasteiger charge is 2.27.